The van der Waals surface area contributed by atoms with E-state index >= 15 is 0 Å². The number of nitrogens with zero attached hydrogens (tertiary/aromatic N) is 5. The summed E-state index contributed by atoms with van der Waals surface area (Å²) in [6, 6.07) is 11.9. The van der Waals surface area contributed by atoms with E-state index in [1.54, 1.807) is 12.4 Å². The number of hydrogen-bond acceptors (Lipinski definition) is 5. The number of carbonyl (C=O) groups is 1. The lowest BCUT2D eigenvalue weighted by molar-refractivity contribution is 0.0947. The molecule has 0 atom stereocenters. The van der Waals surface area contributed by atoms with Gasteiger partial charge in [-0.05, 0) is 44.2 Å². The van der Waals surface area contributed by atoms with Gasteiger partial charge >= 0.3 is 0 Å². The summed E-state index contributed by atoms with van der Waals surface area (Å²) >= 11 is 3.53. The molecule has 1 aliphatic rings. The van der Waals surface area contributed by atoms with Crippen LogP contribution in [0.1, 0.15) is 21.7 Å². The van der Waals surface area contributed by atoms with Crippen LogP contribution in [-0.4, -0.2) is 64.6 Å². The SMILES string of the molecule is Cc1cc(C(=O)NCCN2CCN(c3ncccn3)CC2)c(C)n1-c1cccc(Br)c1. The Bertz CT molecular complexity index is 1040. The van der Waals surface area contributed by atoms with E-state index < -0.39 is 0 Å². The van der Waals surface area contributed by atoms with Gasteiger partial charge in [0.15, 0.2) is 0 Å². The van der Waals surface area contributed by atoms with Gasteiger partial charge in [-0.15, -0.1) is 0 Å². The van der Waals surface area contributed by atoms with E-state index in [1.807, 2.05) is 44.2 Å². The fourth-order valence-electron chi connectivity index (χ4n) is 4.05. The first-order valence-electron chi connectivity index (χ1n) is 10.5. The summed E-state index contributed by atoms with van der Waals surface area (Å²) in [7, 11) is 0. The Labute approximate surface area is 191 Å². The minimum atomic E-state index is -0.0225. The molecule has 0 bridgehead atoms. The standard InChI is InChI=1S/C23H27BrN6O/c1-17-15-21(18(2)30(17)20-6-3-5-19(24)16-20)22(31)25-9-10-28-11-13-29(14-12-28)23-26-7-4-8-27-23/h3-8,15-16H,9-14H2,1-2H3,(H,25,31). The third kappa shape index (κ3) is 4.97. The molecule has 1 saturated heterocycles. The first-order valence-corrected chi connectivity index (χ1v) is 11.3. The lowest BCUT2D eigenvalue weighted by atomic mass is 10.2. The van der Waals surface area contributed by atoms with Gasteiger partial charge in [-0.2, -0.15) is 0 Å². The molecule has 8 heteroatoms. The summed E-state index contributed by atoms with van der Waals surface area (Å²) in [4.78, 5) is 26.0. The third-order valence-corrected chi connectivity index (χ3v) is 6.16. The Hall–Kier alpha value is -2.71. The van der Waals surface area contributed by atoms with E-state index in [-0.39, 0.29) is 5.91 Å². The maximum atomic E-state index is 12.8. The smallest absolute Gasteiger partial charge is 0.253 e. The first-order chi connectivity index (χ1) is 15.0. The molecule has 162 valence electrons. The van der Waals surface area contributed by atoms with Gasteiger partial charge in [-0.1, -0.05) is 22.0 Å². The van der Waals surface area contributed by atoms with Gasteiger partial charge in [-0.3, -0.25) is 9.69 Å². The molecule has 3 heterocycles. The zero-order valence-corrected chi connectivity index (χ0v) is 19.5. The van der Waals surface area contributed by atoms with Gasteiger partial charge in [0.25, 0.3) is 5.91 Å². The molecular weight excluding hydrogens is 456 g/mol. The van der Waals surface area contributed by atoms with E-state index in [1.165, 1.54) is 0 Å². The minimum Gasteiger partial charge on any atom is -0.351 e. The number of rotatable bonds is 6. The van der Waals surface area contributed by atoms with E-state index in [0.717, 1.165) is 65.8 Å². The number of anilines is 1. The van der Waals surface area contributed by atoms with Crippen molar-refractivity contribution < 1.29 is 4.79 Å². The summed E-state index contributed by atoms with van der Waals surface area (Å²) in [6.07, 6.45) is 3.55. The molecule has 0 spiro atoms. The molecule has 2 aromatic heterocycles. The van der Waals surface area contributed by atoms with E-state index in [0.29, 0.717) is 6.54 Å². The predicted molar refractivity (Wildman–Crippen MR) is 126 cm³/mol. The Morgan fingerprint density at radius 1 is 1.06 bits per heavy atom. The van der Waals surface area contributed by atoms with E-state index in [2.05, 4.69) is 51.6 Å². The number of benzene rings is 1. The zero-order valence-electron chi connectivity index (χ0n) is 17.9. The topological polar surface area (TPSA) is 66.3 Å². The molecule has 1 aliphatic heterocycles. The summed E-state index contributed by atoms with van der Waals surface area (Å²) in [5, 5.41) is 3.09. The third-order valence-electron chi connectivity index (χ3n) is 5.66. The van der Waals surface area contributed by atoms with Crippen molar-refractivity contribution in [3.05, 3.63) is 70.2 Å². The first kappa shape index (κ1) is 21.5. The van der Waals surface area contributed by atoms with Gasteiger partial charge in [0.2, 0.25) is 5.95 Å². The molecule has 1 aromatic carbocycles. The maximum absolute atomic E-state index is 12.8. The monoisotopic (exact) mass is 482 g/mol. The molecule has 1 amide bonds. The highest BCUT2D eigenvalue weighted by Gasteiger charge is 2.20. The van der Waals surface area contributed by atoms with Gasteiger partial charge in [-0.25, -0.2) is 9.97 Å². The second-order valence-electron chi connectivity index (χ2n) is 7.73. The number of halogens is 1. The van der Waals surface area contributed by atoms with Crippen molar-refractivity contribution in [3.8, 4) is 5.69 Å². The highest BCUT2D eigenvalue weighted by molar-refractivity contribution is 9.10. The summed E-state index contributed by atoms with van der Waals surface area (Å²) in [6.45, 7) is 9.14. The normalized spacial score (nSPS) is 14.6. The quantitative estimate of drug-likeness (QED) is 0.584. The second kappa shape index (κ2) is 9.62. The summed E-state index contributed by atoms with van der Waals surface area (Å²) in [5.74, 6) is 0.766. The minimum absolute atomic E-state index is 0.0225. The number of carbonyl (C=O) groups excluding carboxylic acids is 1. The largest absolute Gasteiger partial charge is 0.351 e. The maximum Gasteiger partial charge on any atom is 0.253 e. The molecular formula is C23H27BrN6O. The average Bonchev–Trinajstić information content (AvgIpc) is 3.09. The number of amides is 1. The van der Waals surface area contributed by atoms with Crippen LogP contribution in [0.15, 0.2) is 53.3 Å². The van der Waals surface area contributed by atoms with Crippen LogP contribution in [0.3, 0.4) is 0 Å². The number of hydrogen-bond donors (Lipinski definition) is 1. The van der Waals surface area contributed by atoms with Crippen LogP contribution in [0, 0.1) is 13.8 Å². The van der Waals surface area contributed by atoms with Gasteiger partial charge in [0.05, 0.1) is 5.56 Å². The van der Waals surface area contributed by atoms with Crippen LogP contribution in [-0.2, 0) is 0 Å². The van der Waals surface area contributed by atoms with Crippen molar-refractivity contribution >= 4 is 27.8 Å². The Morgan fingerprint density at radius 3 is 2.52 bits per heavy atom. The molecule has 1 N–H and O–H groups in total. The Kier molecular flexibility index (Phi) is 6.67. The molecule has 31 heavy (non-hydrogen) atoms. The number of piperazine rings is 1. The molecule has 4 rings (SSSR count). The van der Waals surface area contributed by atoms with Crippen LogP contribution in [0.2, 0.25) is 0 Å². The average molecular weight is 483 g/mol. The van der Waals surface area contributed by atoms with Crippen LogP contribution >= 0.6 is 15.9 Å². The molecule has 0 aliphatic carbocycles. The lowest BCUT2D eigenvalue weighted by Crippen LogP contribution is -2.49. The van der Waals surface area contributed by atoms with Crippen LogP contribution in [0.5, 0.6) is 0 Å². The van der Waals surface area contributed by atoms with Gasteiger partial charge < -0.3 is 14.8 Å². The van der Waals surface area contributed by atoms with Crippen molar-refractivity contribution in [2.45, 2.75) is 13.8 Å². The van der Waals surface area contributed by atoms with Gasteiger partial charge in [0.1, 0.15) is 0 Å². The Morgan fingerprint density at radius 2 is 1.81 bits per heavy atom. The zero-order chi connectivity index (χ0) is 21.8. The van der Waals surface area contributed by atoms with Crippen molar-refractivity contribution in [2.75, 3.05) is 44.2 Å². The van der Waals surface area contributed by atoms with E-state index in [9.17, 15) is 4.79 Å². The van der Waals surface area contributed by atoms with Crippen LogP contribution in [0.4, 0.5) is 5.95 Å². The molecule has 1 fully saturated rings. The fraction of sp³-hybridized carbons (Fsp3) is 0.348. The summed E-state index contributed by atoms with van der Waals surface area (Å²) < 4.78 is 3.13. The Balaban J connectivity index is 1.30. The number of aromatic nitrogens is 3. The van der Waals surface area contributed by atoms with E-state index in [4.69, 9.17) is 0 Å². The number of nitrogens with one attached hydrogen (secondary N) is 1. The fourth-order valence-corrected chi connectivity index (χ4v) is 4.44. The van der Waals surface area contributed by atoms with Crippen molar-refractivity contribution in [2.24, 2.45) is 0 Å². The van der Waals surface area contributed by atoms with Gasteiger partial charge in [0, 0.05) is 73.2 Å². The van der Waals surface area contributed by atoms with Crippen molar-refractivity contribution in [1.82, 2.24) is 24.8 Å². The second-order valence-corrected chi connectivity index (χ2v) is 8.65. The molecule has 0 unspecified atom stereocenters. The van der Waals surface area contributed by atoms with Crippen molar-refractivity contribution in [1.29, 1.82) is 0 Å². The van der Waals surface area contributed by atoms with Crippen LogP contribution < -0.4 is 10.2 Å². The molecule has 7 nitrogen and oxygen atoms in total. The van der Waals surface area contributed by atoms with Crippen molar-refractivity contribution in [3.63, 3.8) is 0 Å². The lowest BCUT2D eigenvalue weighted by Gasteiger charge is -2.34. The predicted octanol–water partition coefficient (Wildman–Crippen LogP) is 3.20. The number of aryl methyl sites for hydroxylation is 1. The highest BCUT2D eigenvalue weighted by atomic mass is 79.9. The highest BCUT2D eigenvalue weighted by Crippen LogP contribution is 2.23. The molecule has 3 aromatic rings. The van der Waals surface area contributed by atoms with Crippen LogP contribution in [0.25, 0.3) is 5.69 Å². The molecule has 0 saturated carbocycles. The molecule has 0 radical (unpaired) electrons. The summed E-state index contributed by atoms with van der Waals surface area (Å²) in [5.41, 5.74) is 3.76.